The molecule has 0 radical (unpaired) electrons. The SMILES string of the molecule is CCOC(=O)C1(CO)CC1.[C-]#[N+]c1ccc(N2C(=O)C(C)(C)N(c3ccc(O)c(F)c3)C2=S)cc1C.[C-]#[N+]c1ccc(N2C(=O)C(C)(C)N(c3ccc(OCC4(C(=O)O)CC4)c(F)c3)C2=S)cc1C.[C-]#[N+]c1ccc(N2C(=O)C(C)(C)N(c3ccc(OCC4(C(=O)O)CC4)c(F)c3)C2=S)cc1C.[C-]#[N+]c1ccc(N2C(=O)C(C)(C)N(c3ccc(OCC4(C(=O)OCC)CC4)c(F)c3)C2=S)cc1C. The summed E-state index contributed by atoms with van der Waals surface area (Å²) in [4.78, 5) is 124. The van der Waals surface area contributed by atoms with Crippen molar-refractivity contribution in [3.8, 4) is 23.0 Å². The molecule has 16 rings (SSSR count). The van der Waals surface area contributed by atoms with Gasteiger partial charge in [0, 0.05) is 69.8 Å². The van der Waals surface area contributed by atoms with Crippen molar-refractivity contribution in [3.05, 3.63) is 237 Å². The van der Waals surface area contributed by atoms with Gasteiger partial charge >= 0.3 is 23.9 Å². The van der Waals surface area contributed by atoms with Gasteiger partial charge < -0.3 is 63.7 Å². The molecule has 4 saturated carbocycles. The summed E-state index contributed by atoms with van der Waals surface area (Å²) in [6, 6.07) is 36.9. The average molecular weight is 1940 g/mol. The highest BCUT2D eigenvalue weighted by Gasteiger charge is 2.58. The molecule has 37 heteroatoms. The van der Waals surface area contributed by atoms with Crippen LogP contribution < -0.4 is 53.4 Å². The number of benzene rings is 8. The van der Waals surface area contributed by atoms with Crippen LogP contribution in [0.15, 0.2) is 146 Å². The number of aliphatic carboxylic acids is 2. The number of phenols is 1. The molecule has 4 saturated heterocycles. The van der Waals surface area contributed by atoms with Gasteiger partial charge in [0.15, 0.2) is 89.5 Å². The Labute approximate surface area is 810 Å². The summed E-state index contributed by atoms with van der Waals surface area (Å²) < 4.78 is 85.0. The number of anilines is 8. The molecule has 8 fully saturated rings. The van der Waals surface area contributed by atoms with E-state index in [2.05, 4.69) is 19.4 Å². The smallest absolute Gasteiger partial charge is 0.315 e. The van der Waals surface area contributed by atoms with Crippen molar-refractivity contribution >= 4 is 185 Å². The van der Waals surface area contributed by atoms with Crippen LogP contribution >= 0.6 is 48.9 Å². The van der Waals surface area contributed by atoms with E-state index in [1.807, 2.05) is 0 Å². The van der Waals surface area contributed by atoms with Crippen LogP contribution in [0.25, 0.3) is 19.4 Å². The summed E-state index contributed by atoms with van der Waals surface area (Å²) in [7, 11) is 0. The van der Waals surface area contributed by atoms with E-state index < -0.39 is 84.8 Å². The number of carboxylic acid groups (broad SMARTS) is 2. The number of carboxylic acids is 2. The Bertz CT molecular complexity index is 6330. The van der Waals surface area contributed by atoms with Crippen LogP contribution in [0.2, 0.25) is 0 Å². The van der Waals surface area contributed by atoms with Crippen LogP contribution in [0.3, 0.4) is 0 Å². The van der Waals surface area contributed by atoms with Gasteiger partial charge in [0.2, 0.25) is 0 Å². The Hall–Kier alpha value is -14.1. The fourth-order valence-electron chi connectivity index (χ4n) is 15.8. The molecule has 0 aromatic heterocycles. The van der Waals surface area contributed by atoms with Crippen molar-refractivity contribution in [3.63, 3.8) is 0 Å². The second-order valence-corrected chi connectivity index (χ2v) is 37.7. The number of phenolic OH excluding ortho intramolecular Hbond substituents is 1. The monoisotopic (exact) mass is 1940 g/mol. The Morgan fingerprint density at radius 1 is 0.358 bits per heavy atom. The number of nitrogens with zero attached hydrogens (tertiary/aromatic N) is 12. The highest BCUT2D eigenvalue weighted by Crippen LogP contribution is 2.52. The van der Waals surface area contributed by atoms with E-state index in [-0.39, 0.29) is 106 Å². The minimum Gasteiger partial charge on any atom is -0.505 e. The molecule has 4 amide bonds. The predicted molar refractivity (Wildman–Crippen MR) is 522 cm³/mol. The summed E-state index contributed by atoms with van der Waals surface area (Å²) >= 11 is 22.4. The van der Waals surface area contributed by atoms with Crippen molar-refractivity contribution in [1.29, 1.82) is 0 Å². The van der Waals surface area contributed by atoms with E-state index in [9.17, 15) is 66.8 Å². The lowest BCUT2D eigenvalue weighted by Crippen LogP contribution is -2.44. The molecule has 712 valence electrons. The Morgan fingerprint density at radius 2 is 0.584 bits per heavy atom. The summed E-state index contributed by atoms with van der Waals surface area (Å²) in [5, 5.41) is 37.5. The van der Waals surface area contributed by atoms with E-state index in [0.29, 0.717) is 113 Å². The number of halogens is 4. The van der Waals surface area contributed by atoms with Gasteiger partial charge in [-0.2, -0.15) is 0 Å². The zero-order valence-electron chi connectivity index (χ0n) is 77.4. The minimum atomic E-state index is -1.08. The Kier molecular flexibility index (Phi) is 29.2. The summed E-state index contributed by atoms with van der Waals surface area (Å²) in [6.45, 7) is 53.6. The fraction of sp³-hybridized carbons (Fsp3) is 0.360. The molecule has 4 N–H and O–H groups in total. The number of rotatable bonds is 24. The lowest BCUT2D eigenvalue weighted by atomic mass is 10.0. The third-order valence-corrected chi connectivity index (χ3v) is 26.6. The Balaban J connectivity index is 0.000000159. The molecular weight excluding hydrogens is 1850 g/mol. The Morgan fingerprint density at radius 3 is 0.788 bits per heavy atom. The number of amides is 4. The number of hydrogen-bond donors (Lipinski definition) is 4. The zero-order valence-corrected chi connectivity index (χ0v) is 80.6. The molecule has 8 aromatic carbocycles. The van der Waals surface area contributed by atoms with Gasteiger partial charge in [0.25, 0.3) is 23.6 Å². The normalized spacial score (nSPS) is 17.9. The molecule has 137 heavy (non-hydrogen) atoms. The minimum absolute atomic E-state index is 0.0146. The van der Waals surface area contributed by atoms with Crippen molar-refractivity contribution in [2.45, 2.75) is 170 Å². The second kappa shape index (κ2) is 39.3. The van der Waals surface area contributed by atoms with E-state index >= 15 is 4.39 Å². The van der Waals surface area contributed by atoms with Crippen molar-refractivity contribution < 1.29 is 100 Å². The molecule has 0 atom stereocenters. The first-order valence-electron chi connectivity index (χ1n) is 43.4. The molecular formula is C100H98F4N12O17S4. The lowest BCUT2D eigenvalue weighted by Gasteiger charge is -2.29. The first-order valence-corrected chi connectivity index (χ1v) is 45.0. The topological polar surface area (TPSA) is 307 Å². The number of ether oxygens (including phenoxy) is 5. The molecule has 29 nitrogen and oxygen atoms in total. The molecule has 4 aliphatic carbocycles. The quantitative estimate of drug-likeness (QED) is 0.0189. The van der Waals surface area contributed by atoms with Gasteiger partial charge in [-0.25, -0.2) is 36.9 Å². The number of carbonyl (C=O) groups excluding carboxylic acids is 6. The van der Waals surface area contributed by atoms with Gasteiger partial charge in [0.1, 0.15) is 58.2 Å². The molecule has 0 spiro atoms. The number of aryl methyl sites for hydroxylation is 4. The third-order valence-electron chi connectivity index (χ3n) is 25.2. The van der Waals surface area contributed by atoms with E-state index in [0.717, 1.165) is 41.2 Å². The summed E-state index contributed by atoms with van der Waals surface area (Å²) in [5.41, 5.74) is 1.24. The van der Waals surface area contributed by atoms with Crippen LogP contribution in [0, 0.1) is 98.9 Å². The van der Waals surface area contributed by atoms with Crippen molar-refractivity contribution in [2.75, 3.05) is 78.8 Å². The zero-order chi connectivity index (χ0) is 101. The van der Waals surface area contributed by atoms with Crippen LogP contribution in [-0.4, -0.2) is 150 Å². The number of carbonyl (C=O) groups is 8. The molecule has 4 aliphatic heterocycles. The molecule has 0 unspecified atom stereocenters. The average Bonchev–Trinajstić information content (AvgIpc) is 1.59. The largest absolute Gasteiger partial charge is 0.505 e. The van der Waals surface area contributed by atoms with Crippen molar-refractivity contribution in [2.24, 2.45) is 21.7 Å². The van der Waals surface area contributed by atoms with Crippen LogP contribution in [0.1, 0.15) is 143 Å². The van der Waals surface area contributed by atoms with Gasteiger partial charge in [-0.3, -0.25) is 58.0 Å². The maximum atomic E-state index is 15.0. The third kappa shape index (κ3) is 19.9. The predicted octanol–water partition coefficient (Wildman–Crippen LogP) is 19.6. The number of thiocarbonyl (C=S) groups is 4. The van der Waals surface area contributed by atoms with E-state index in [1.165, 1.54) is 68.1 Å². The maximum Gasteiger partial charge on any atom is 0.315 e. The standard InChI is InChI=1S/C26H26FN3O4S.2C24H22FN3O4S.C19H16FN3O2S.C7H12O3/c1-6-33-23(32)26(11-12-26)15-34-21-10-8-18(14-19(21)27)30-24(35)29(22(31)25(30,3)4)17-7-9-20(28-5)16(2)13-17;2*1-14-11-15(5-7-18(14)26-4)27-20(29)23(2,3)28(22(27)33)16-6-8-19(17(25)12-16)32-13-24(9-10-24)21(30)31;1-11-9-12(5-7-15(11)21-4)22-17(25)19(2,3)23(18(22)26)13-6-8-16(24)14(20)10-13;1-2-10-6(9)7(5-8)3-4-7/h7-10,13-14H,6,11-12,15H2,1-4H3;2*5-8,11-12H,9-10,13H2,1-3H3,(H,30,31);5-10,24H,1-3H3;8H,2-5H2,1H3. The highest BCUT2D eigenvalue weighted by molar-refractivity contribution is 7.81. The van der Waals surface area contributed by atoms with Gasteiger partial charge in [-0.15, -0.1) is 0 Å². The van der Waals surface area contributed by atoms with E-state index in [1.54, 1.807) is 208 Å². The number of aliphatic hydroxyl groups is 1. The van der Waals surface area contributed by atoms with Crippen molar-refractivity contribution in [1.82, 2.24) is 0 Å². The van der Waals surface area contributed by atoms with Crippen LogP contribution in [0.4, 0.5) is 85.8 Å². The van der Waals surface area contributed by atoms with Gasteiger partial charge in [-0.05, 0) is 316 Å². The van der Waals surface area contributed by atoms with Gasteiger partial charge in [-0.1, -0.05) is 24.3 Å². The lowest BCUT2D eigenvalue weighted by molar-refractivity contribution is -0.152. The molecule has 8 aromatic rings. The van der Waals surface area contributed by atoms with Gasteiger partial charge in [0.05, 0.1) is 51.5 Å². The number of hydrogen-bond acceptors (Lipinski definition) is 19. The van der Waals surface area contributed by atoms with Crippen LogP contribution in [-0.2, 0) is 47.8 Å². The summed E-state index contributed by atoms with van der Waals surface area (Å²) in [6.07, 6.45) is 4.88. The first-order chi connectivity index (χ1) is 64.5. The second-order valence-electron chi connectivity index (χ2n) is 36.3. The number of esters is 2. The van der Waals surface area contributed by atoms with Crippen LogP contribution in [0.5, 0.6) is 23.0 Å². The summed E-state index contributed by atoms with van der Waals surface area (Å²) in [5.74, 6) is -6.83. The molecule has 0 bridgehead atoms. The molecule has 4 heterocycles. The maximum absolute atomic E-state index is 15.0. The fourth-order valence-corrected chi connectivity index (χ4v) is 17.9. The molecule has 8 aliphatic rings. The van der Waals surface area contributed by atoms with E-state index in [4.69, 9.17) is 104 Å². The highest BCUT2D eigenvalue weighted by atomic mass is 32.1. The number of aromatic hydroxyl groups is 1. The first kappa shape index (κ1) is 102. The number of aliphatic hydroxyl groups excluding tert-OH is 1.